The van der Waals surface area contributed by atoms with Crippen molar-refractivity contribution in [3.8, 4) is 0 Å². The maximum atomic E-state index is 7.01. The van der Waals surface area contributed by atoms with Crippen molar-refractivity contribution in [2.75, 3.05) is 0 Å². The Kier molecular flexibility index (Phi) is 5.14. The van der Waals surface area contributed by atoms with E-state index in [1.54, 1.807) is 0 Å². The zero-order valence-electron chi connectivity index (χ0n) is 14.1. The highest BCUT2D eigenvalue weighted by Crippen LogP contribution is 2.75. The van der Waals surface area contributed by atoms with E-state index in [9.17, 15) is 0 Å². The van der Waals surface area contributed by atoms with Crippen LogP contribution in [0.3, 0.4) is 0 Å². The van der Waals surface area contributed by atoms with Crippen LogP contribution in [0.2, 0.25) is 0 Å². The summed E-state index contributed by atoms with van der Waals surface area (Å²) in [5.74, 6) is -0.101. The van der Waals surface area contributed by atoms with Crippen LogP contribution in [0, 0.1) is 23.7 Å². The van der Waals surface area contributed by atoms with Crippen LogP contribution >= 0.6 is 116 Å². The molecule has 0 radical (unpaired) electrons. The maximum Gasteiger partial charge on any atom is 0.103 e. The number of hydrogen-bond donors (Lipinski definition) is 0. The second-order valence-electron chi connectivity index (χ2n) is 8.63. The molecule has 0 saturated heterocycles. The van der Waals surface area contributed by atoms with Crippen LogP contribution in [0.25, 0.3) is 0 Å². The van der Waals surface area contributed by atoms with Crippen LogP contribution in [-0.2, 0) is 0 Å². The molecule has 5 aliphatic rings. The first kappa shape index (κ1) is 22.2. The fourth-order valence-electron chi connectivity index (χ4n) is 6.67. The molecule has 156 valence electrons. The molecule has 0 nitrogen and oxygen atoms in total. The van der Waals surface area contributed by atoms with E-state index < -0.39 is 30.3 Å². The van der Waals surface area contributed by atoms with Gasteiger partial charge in [-0.2, -0.15) is 0 Å². The highest BCUT2D eigenvalue weighted by Gasteiger charge is 2.77. The van der Waals surface area contributed by atoms with Gasteiger partial charge in [0.1, 0.15) is 19.5 Å². The predicted molar refractivity (Wildman–Crippen MR) is 124 cm³/mol. The maximum absolute atomic E-state index is 7.01. The molecule has 4 bridgehead atoms. The summed E-state index contributed by atoms with van der Waals surface area (Å²) in [6.45, 7) is 0. The van der Waals surface area contributed by atoms with E-state index in [1.807, 2.05) is 0 Å². The number of allylic oxidation sites excluding steroid dienone is 4. The van der Waals surface area contributed by atoms with E-state index in [-0.39, 0.29) is 23.7 Å². The number of hydrogen-bond acceptors (Lipinski definition) is 0. The van der Waals surface area contributed by atoms with E-state index in [0.717, 1.165) is 25.7 Å². The van der Waals surface area contributed by atoms with Gasteiger partial charge in [-0.3, -0.25) is 0 Å². The Hall–Kier alpha value is 2.38. The average Bonchev–Trinajstić information content (AvgIpc) is 3.02. The lowest BCUT2D eigenvalue weighted by Crippen LogP contribution is -2.43. The van der Waals surface area contributed by atoms with Crippen LogP contribution in [0.5, 0.6) is 0 Å². The van der Waals surface area contributed by atoms with Gasteiger partial charge in [-0.25, -0.2) is 0 Å². The molecule has 5 aliphatic carbocycles. The van der Waals surface area contributed by atoms with Crippen molar-refractivity contribution in [2.45, 2.75) is 55.9 Å². The molecule has 0 amide bonds. The molecule has 0 N–H and O–H groups in total. The molecular formula is C18H14Cl10. The van der Waals surface area contributed by atoms with Crippen molar-refractivity contribution >= 4 is 116 Å². The summed E-state index contributed by atoms with van der Waals surface area (Å²) in [6.07, 6.45) is 2.89. The first-order valence-corrected chi connectivity index (χ1v) is 13.0. The highest BCUT2D eigenvalue weighted by atomic mass is 35.5. The molecule has 28 heavy (non-hydrogen) atoms. The molecule has 3 saturated carbocycles. The molecule has 8 atom stereocenters. The van der Waals surface area contributed by atoms with E-state index in [2.05, 4.69) is 0 Å². The Balaban J connectivity index is 1.58. The molecule has 8 unspecified atom stereocenters. The van der Waals surface area contributed by atoms with Crippen LogP contribution < -0.4 is 0 Å². The van der Waals surface area contributed by atoms with Gasteiger partial charge in [-0.1, -0.05) is 46.4 Å². The third-order valence-corrected chi connectivity index (χ3v) is 15.1. The molecular weight excluding hydrogens is 571 g/mol. The van der Waals surface area contributed by atoms with Crippen molar-refractivity contribution in [2.24, 2.45) is 23.7 Å². The first-order chi connectivity index (χ1) is 12.9. The van der Waals surface area contributed by atoms with Gasteiger partial charge in [0.25, 0.3) is 0 Å². The molecule has 10 heteroatoms. The van der Waals surface area contributed by atoms with Crippen molar-refractivity contribution < 1.29 is 0 Å². The summed E-state index contributed by atoms with van der Waals surface area (Å²) in [6, 6.07) is 0. The van der Waals surface area contributed by atoms with Gasteiger partial charge < -0.3 is 0 Å². The van der Waals surface area contributed by atoms with Crippen LogP contribution in [-0.4, -0.2) is 30.3 Å². The minimum Gasteiger partial charge on any atom is -0.118 e. The summed E-state index contributed by atoms with van der Waals surface area (Å²) in [7, 11) is 0. The molecule has 0 aliphatic heterocycles. The minimum atomic E-state index is -0.979. The zero-order chi connectivity index (χ0) is 20.6. The number of rotatable bonds is 0. The van der Waals surface area contributed by atoms with Gasteiger partial charge in [0.15, 0.2) is 0 Å². The summed E-state index contributed by atoms with van der Waals surface area (Å²) < 4.78 is 0. The van der Waals surface area contributed by atoms with Crippen molar-refractivity contribution in [3.05, 3.63) is 20.1 Å². The highest BCUT2D eigenvalue weighted by molar-refractivity contribution is 6.56. The van der Waals surface area contributed by atoms with Crippen LogP contribution in [0.15, 0.2) is 20.1 Å². The minimum absolute atomic E-state index is 0.0252. The smallest absolute Gasteiger partial charge is 0.103 e. The third kappa shape index (κ3) is 2.11. The fourth-order valence-corrected chi connectivity index (χ4v) is 12.0. The number of alkyl halides is 6. The lowest BCUT2D eigenvalue weighted by molar-refractivity contribution is 0.175. The Morgan fingerprint density at radius 2 is 0.643 bits per heavy atom. The van der Waals surface area contributed by atoms with Crippen LogP contribution in [0.4, 0.5) is 0 Å². The van der Waals surface area contributed by atoms with E-state index >= 15 is 0 Å². The van der Waals surface area contributed by atoms with Gasteiger partial charge >= 0.3 is 0 Å². The van der Waals surface area contributed by atoms with Crippen molar-refractivity contribution in [3.63, 3.8) is 0 Å². The van der Waals surface area contributed by atoms with Gasteiger partial charge in [0, 0.05) is 0 Å². The monoisotopic (exact) mass is 580 g/mol. The molecule has 0 aromatic rings. The quantitative estimate of drug-likeness (QED) is 0.250. The molecule has 0 heterocycles. The topological polar surface area (TPSA) is 0 Å². The second kappa shape index (κ2) is 6.49. The summed E-state index contributed by atoms with van der Waals surface area (Å²) in [4.78, 5) is -3.92. The van der Waals surface area contributed by atoms with Crippen molar-refractivity contribution in [1.29, 1.82) is 0 Å². The second-order valence-corrected chi connectivity index (χ2v) is 13.5. The van der Waals surface area contributed by atoms with Gasteiger partial charge in [-0.05, 0) is 49.4 Å². The molecule has 0 aromatic heterocycles. The Bertz CT molecular complexity index is 706. The molecule has 5 rings (SSSR count). The molecule has 0 spiro atoms. The molecule has 3 fully saturated rings. The van der Waals surface area contributed by atoms with Crippen molar-refractivity contribution in [1.82, 2.24) is 0 Å². The Labute approximate surface area is 214 Å². The van der Waals surface area contributed by atoms with Crippen LogP contribution in [0.1, 0.15) is 25.7 Å². The van der Waals surface area contributed by atoms with Gasteiger partial charge in [-0.15, -0.1) is 69.6 Å². The Morgan fingerprint density at radius 3 is 0.821 bits per heavy atom. The normalized spacial score (nSPS) is 60.2. The number of halogens is 10. The standard InChI is InChI=1S/C18H14Cl10/c19-9-10(20)17(27)7-3-4-8-6(2-1-5(7)15(9,25)13(17)23)16(26)11(21)12(22)18(8,28)14(16)24/h5-8,13-14H,1-4H2. The Morgan fingerprint density at radius 1 is 0.464 bits per heavy atom. The average molecular weight is 585 g/mol. The first-order valence-electron chi connectivity index (χ1n) is 9.06. The van der Waals surface area contributed by atoms with E-state index in [4.69, 9.17) is 116 Å². The lowest BCUT2D eigenvalue weighted by Gasteiger charge is -2.44. The molecule has 0 aromatic carbocycles. The van der Waals surface area contributed by atoms with Gasteiger partial charge in [0.05, 0.1) is 30.9 Å². The number of fused-ring (bicyclic) bond motifs is 10. The lowest BCUT2D eigenvalue weighted by atomic mass is 9.67. The van der Waals surface area contributed by atoms with E-state index in [1.165, 1.54) is 0 Å². The summed E-state index contributed by atoms with van der Waals surface area (Å²) >= 11 is 67.6. The largest absolute Gasteiger partial charge is 0.118 e. The fraction of sp³-hybridized carbons (Fsp3) is 0.778. The third-order valence-electron chi connectivity index (χ3n) is 7.91. The van der Waals surface area contributed by atoms with Gasteiger partial charge in [0.2, 0.25) is 0 Å². The summed E-state index contributed by atoms with van der Waals surface area (Å²) in [5, 5.41) is 0.277. The van der Waals surface area contributed by atoms with E-state index in [0.29, 0.717) is 20.1 Å². The SMILES string of the molecule is ClC1=C(Cl)C2(Cl)C3CCC4C(CCC3C1(Cl)C2Cl)C1(Cl)C(Cl)=C(Cl)C4(Cl)C1Cl. The predicted octanol–water partition coefficient (Wildman–Crippen LogP) is 8.58. The zero-order valence-corrected chi connectivity index (χ0v) is 21.6. The summed E-state index contributed by atoms with van der Waals surface area (Å²) in [5.41, 5.74) is 0.